The molecule has 0 radical (unpaired) electrons. The number of hydrogen-bond acceptors (Lipinski definition) is 6. The van der Waals surface area contributed by atoms with Crippen molar-refractivity contribution in [3.63, 3.8) is 0 Å². The second-order valence-corrected chi connectivity index (χ2v) is 6.11. The van der Waals surface area contributed by atoms with E-state index in [0.717, 1.165) is 5.56 Å². The Morgan fingerprint density at radius 3 is 2.65 bits per heavy atom. The molecule has 2 aromatic rings. The molecule has 0 saturated heterocycles. The lowest BCUT2D eigenvalue weighted by Gasteiger charge is -2.24. The molecule has 0 saturated carbocycles. The third-order valence-corrected chi connectivity index (χ3v) is 2.98. The molecule has 1 aromatic heterocycles. The zero-order chi connectivity index (χ0) is 17.0. The fourth-order valence-electron chi connectivity index (χ4n) is 1.98. The average Bonchev–Trinajstić information content (AvgIpc) is 2.99. The Balaban J connectivity index is 2.14. The van der Waals surface area contributed by atoms with E-state index >= 15 is 0 Å². The number of ether oxygens (including phenoxy) is 2. The fourth-order valence-corrected chi connectivity index (χ4v) is 1.98. The summed E-state index contributed by atoms with van der Waals surface area (Å²) < 4.78 is 15.9. The van der Waals surface area contributed by atoms with E-state index in [-0.39, 0.29) is 6.09 Å². The molecular weight excluding hydrogens is 298 g/mol. The number of carbonyl (C=O) groups is 1. The van der Waals surface area contributed by atoms with Gasteiger partial charge in [0.1, 0.15) is 11.4 Å². The number of amides is 1. The Morgan fingerprint density at radius 2 is 2.09 bits per heavy atom. The molecule has 23 heavy (non-hydrogen) atoms. The minimum atomic E-state index is -0.523. The summed E-state index contributed by atoms with van der Waals surface area (Å²) in [5, 5.41) is 7.53. The van der Waals surface area contributed by atoms with E-state index in [0.29, 0.717) is 23.7 Å². The smallest absolute Gasteiger partial charge is 0.410 e. The zero-order valence-electron chi connectivity index (χ0n) is 14.0. The van der Waals surface area contributed by atoms with E-state index in [1.54, 1.807) is 14.2 Å². The summed E-state index contributed by atoms with van der Waals surface area (Å²) in [7, 11) is 3.25. The molecule has 0 aliphatic carbocycles. The minimum absolute atomic E-state index is 0.377. The van der Waals surface area contributed by atoms with Crippen molar-refractivity contribution in [2.24, 2.45) is 0 Å². The summed E-state index contributed by atoms with van der Waals surface area (Å²) in [6, 6.07) is 5.54. The molecular formula is C16H21N3O4. The van der Waals surface area contributed by atoms with Crippen molar-refractivity contribution in [3.8, 4) is 17.2 Å². The highest BCUT2D eigenvalue weighted by Crippen LogP contribution is 2.29. The van der Waals surface area contributed by atoms with Crippen molar-refractivity contribution in [2.75, 3.05) is 14.2 Å². The monoisotopic (exact) mass is 319 g/mol. The molecule has 0 aliphatic rings. The number of hydrogen-bond donors (Lipinski definition) is 0. The first-order valence-corrected chi connectivity index (χ1v) is 7.18. The average molecular weight is 319 g/mol. The van der Waals surface area contributed by atoms with Crippen LogP contribution in [0.5, 0.6) is 5.75 Å². The number of nitrogens with zero attached hydrogens (tertiary/aromatic N) is 3. The van der Waals surface area contributed by atoms with Crippen molar-refractivity contribution in [3.05, 3.63) is 30.2 Å². The molecule has 124 valence electrons. The Kier molecular flexibility index (Phi) is 4.88. The van der Waals surface area contributed by atoms with Gasteiger partial charge in [0.2, 0.25) is 6.39 Å². The lowest BCUT2D eigenvalue weighted by Crippen LogP contribution is -2.33. The van der Waals surface area contributed by atoms with Crippen LogP contribution < -0.4 is 4.74 Å². The maximum absolute atomic E-state index is 12.0. The van der Waals surface area contributed by atoms with Crippen molar-refractivity contribution in [1.29, 1.82) is 0 Å². The van der Waals surface area contributed by atoms with Crippen LogP contribution in [-0.4, -0.2) is 40.9 Å². The van der Waals surface area contributed by atoms with E-state index in [1.807, 2.05) is 39.0 Å². The van der Waals surface area contributed by atoms with Crippen molar-refractivity contribution >= 4 is 6.09 Å². The standard InChI is InChI=1S/C16H21N3O4/c1-16(2,3)23-15(20)19(4)9-11-6-7-12(13(8-11)21-5)14-18-17-10-22-14/h6-8,10H,9H2,1-5H3. The van der Waals surface area contributed by atoms with E-state index < -0.39 is 5.60 Å². The Morgan fingerprint density at radius 1 is 1.35 bits per heavy atom. The Bertz CT molecular complexity index is 662. The van der Waals surface area contributed by atoms with Gasteiger partial charge in [0.15, 0.2) is 0 Å². The third-order valence-electron chi connectivity index (χ3n) is 2.98. The number of aromatic nitrogens is 2. The highest BCUT2D eigenvalue weighted by Gasteiger charge is 2.20. The summed E-state index contributed by atoms with van der Waals surface area (Å²) in [6.07, 6.45) is 0.885. The Labute approximate surface area is 135 Å². The highest BCUT2D eigenvalue weighted by atomic mass is 16.6. The molecule has 0 unspecified atom stereocenters. The molecule has 0 N–H and O–H groups in total. The number of carbonyl (C=O) groups excluding carboxylic acids is 1. The molecule has 1 aromatic carbocycles. The second kappa shape index (κ2) is 6.68. The largest absolute Gasteiger partial charge is 0.496 e. The van der Waals surface area contributed by atoms with E-state index in [4.69, 9.17) is 13.9 Å². The molecule has 0 fully saturated rings. The summed E-state index contributed by atoms with van der Waals surface area (Å²) in [4.78, 5) is 13.5. The molecule has 0 aliphatic heterocycles. The lowest BCUT2D eigenvalue weighted by atomic mass is 10.1. The summed E-state index contributed by atoms with van der Waals surface area (Å²) >= 11 is 0. The van der Waals surface area contributed by atoms with Crippen LogP contribution >= 0.6 is 0 Å². The highest BCUT2D eigenvalue weighted by molar-refractivity contribution is 5.68. The van der Waals surface area contributed by atoms with E-state index in [9.17, 15) is 4.79 Å². The van der Waals surface area contributed by atoms with E-state index in [1.165, 1.54) is 11.3 Å². The second-order valence-electron chi connectivity index (χ2n) is 6.11. The normalized spacial score (nSPS) is 11.2. The van der Waals surface area contributed by atoms with Gasteiger partial charge in [0.05, 0.1) is 12.7 Å². The van der Waals surface area contributed by atoms with Crippen LogP contribution in [0.25, 0.3) is 11.5 Å². The third kappa shape index (κ3) is 4.45. The first kappa shape index (κ1) is 16.8. The van der Waals surface area contributed by atoms with Crippen LogP contribution in [0.1, 0.15) is 26.3 Å². The summed E-state index contributed by atoms with van der Waals surface area (Å²) in [5.74, 6) is 0.984. The van der Waals surface area contributed by atoms with Gasteiger partial charge in [-0.2, -0.15) is 0 Å². The molecule has 7 heteroatoms. The van der Waals surface area contributed by atoms with Gasteiger partial charge in [-0.3, -0.25) is 0 Å². The van der Waals surface area contributed by atoms with Gasteiger partial charge < -0.3 is 18.8 Å². The van der Waals surface area contributed by atoms with Gasteiger partial charge in [-0.05, 0) is 38.5 Å². The summed E-state index contributed by atoms with van der Waals surface area (Å²) in [6.45, 7) is 5.90. The predicted octanol–water partition coefficient (Wildman–Crippen LogP) is 3.11. The van der Waals surface area contributed by atoms with Gasteiger partial charge in [0, 0.05) is 13.6 Å². The number of benzene rings is 1. The van der Waals surface area contributed by atoms with Crippen LogP contribution in [0.3, 0.4) is 0 Å². The summed E-state index contributed by atoms with van der Waals surface area (Å²) in [5.41, 5.74) is 1.08. The topological polar surface area (TPSA) is 77.7 Å². The number of methoxy groups -OCH3 is 1. The molecule has 1 heterocycles. The maximum Gasteiger partial charge on any atom is 0.410 e. The molecule has 7 nitrogen and oxygen atoms in total. The van der Waals surface area contributed by atoms with Crippen LogP contribution in [0, 0.1) is 0 Å². The molecule has 0 atom stereocenters. The predicted molar refractivity (Wildman–Crippen MR) is 84.0 cm³/mol. The molecule has 1 amide bonds. The molecule has 2 rings (SSSR count). The van der Waals surface area contributed by atoms with Gasteiger partial charge in [0.25, 0.3) is 5.89 Å². The van der Waals surface area contributed by atoms with Crippen molar-refractivity contribution in [1.82, 2.24) is 15.1 Å². The van der Waals surface area contributed by atoms with Gasteiger partial charge in [-0.15, -0.1) is 10.2 Å². The first-order chi connectivity index (χ1) is 10.8. The van der Waals surface area contributed by atoms with Crippen molar-refractivity contribution in [2.45, 2.75) is 32.9 Å². The van der Waals surface area contributed by atoms with Crippen LogP contribution in [0.2, 0.25) is 0 Å². The minimum Gasteiger partial charge on any atom is -0.496 e. The van der Waals surface area contributed by atoms with E-state index in [2.05, 4.69) is 10.2 Å². The van der Waals surface area contributed by atoms with Crippen molar-refractivity contribution < 1.29 is 18.7 Å². The van der Waals surface area contributed by atoms with Crippen LogP contribution in [0.15, 0.2) is 29.0 Å². The maximum atomic E-state index is 12.0. The number of rotatable bonds is 4. The van der Waals surface area contributed by atoms with Crippen LogP contribution in [0.4, 0.5) is 4.79 Å². The Hall–Kier alpha value is -2.57. The molecule has 0 bridgehead atoms. The molecule has 0 spiro atoms. The SMILES string of the molecule is COc1cc(CN(C)C(=O)OC(C)(C)C)ccc1-c1nnco1. The quantitative estimate of drug-likeness (QED) is 0.861. The van der Waals surface area contributed by atoms with Crippen LogP contribution in [-0.2, 0) is 11.3 Å². The fraction of sp³-hybridized carbons (Fsp3) is 0.438. The lowest BCUT2D eigenvalue weighted by molar-refractivity contribution is 0.0285. The van der Waals surface area contributed by atoms with Gasteiger partial charge in [-0.1, -0.05) is 6.07 Å². The zero-order valence-corrected chi connectivity index (χ0v) is 14.0. The van der Waals surface area contributed by atoms with Gasteiger partial charge in [-0.25, -0.2) is 4.79 Å². The van der Waals surface area contributed by atoms with Gasteiger partial charge >= 0.3 is 6.09 Å². The first-order valence-electron chi connectivity index (χ1n) is 7.18.